The standard InChI is InChI=1S/C25H36N4O4/c30-23(17-22-18-31-15-16-32-22)27-21-3-1-19(2-4-21)6-9-28-10-12-29(13-11-28)25-24-20(5-8-26-25)7-14-33-24/h5,7-8,14,19,21-22H,1-4,6,9-13,15-18H2,(H,27,30)/t19-,21-,22?. The molecule has 3 fully saturated rings. The minimum absolute atomic E-state index is 0.0849. The molecule has 0 radical (unpaired) electrons. The maximum atomic E-state index is 12.3. The highest BCUT2D eigenvalue weighted by molar-refractivity contribution is 5.87. The van der Waals surface area contributed by atoms with Crippen molar-refractivity contribution >= 4 is 22.7 Å². The van der Waals surface area contributed by atoms with Gasteiger partial charge in [0.05, 0.1) is 38.6 Å². The molecule has 2 aromatic heterocycles. The third-order valence-electron chi connectivity index (χ3n) is 7.38. The Balaban J connectivity index is 0.989. The second-order valence-corrected chi connectivity index (χ2v) is 9.65. The highest BCUT2D eigenvalue weighted by Crippen LogP contribution is 2.28. The van der Waals surface area contributed by atoms with Gasteiger partial charge in [0, 0.05) is 43.8 Å². The van der Waals surface area contributed by atoms with E-state index in [4.69, 9.17) is 13.9 Å². The molecule has 1 atom stereocenters. The van der Waals surface area contributed by atoms with Crippen molar-refractivity contribution in [3.8, 4) is 0 Å². The molecule has 2 aromatic rings. The lowest BCUT2D eigenvalue weighted by Gasteiger charge is -2.36. The molecule has 5 rings (SSSR count). The molecular weight excluding hydrogens is 420 g/mol. The average molecular weight is 457 g/mol. The normalized spacial score (nSPS) is 27.0. The third-order valence-corrected chi connectivity index (χ3v) is 7.38. The molecule has 3 aliphatic rings. The van der Waals surface area contributed by atoms with Crippen LogP contribution in [0.1, 0.15) is 38.5 Å². The Morgan fingerprint density at radius 1 is 1.09 bits per heavy atom. The molecule has 2 aliphatic heterocycles. The predicted octanol–water partition coefficient (Wildman–Crippen LogP) is 2.82. The van der Waals surface area contributed by atoms with Crippen molar-refractivity contribution in [2.24, 2.45) is 5.92 Å². The van der Waals surface area contributed by atoms with E-state index in [1.165, 1.54) is 19.3 Å². The van der Waals surface area contributed by atoms with Gasteiger partial charge in [0.25, 0.3) is 0 Å². The fourth-order valence-electron chi connectivity index (χ4n) is 5.40. The molecule has 1 aliphatic carbocycles. The van der Waals surface area contributed by atoms with E-state index in [-0.39, 0.29) is 12.0 Å². The Bertz CT molecular complexity index is 897. The summed E-state index contributed by atoms with van der Waals surface area (Å²) in [5, 5.41) is 4.34. The number of nitrogens with zero attached hydrogens (tertiary/aromatic N) is 3. The quantitative estimate of drug-likeness (QED) is 0.686. The van der Waals surface area contributed by atoms with Gasteiger partial charge in [-0.25, -0.2) is 4.98 Å². The van der Waals surface area contributed by atoms with Crippen molar-refractivity contribution < 1.29 is 18.7 Å². The number of pyridine rings is 1. The first kappa shape index (κ1) is 22.6. The van der Waals surface area contributed by atoms with Crippen LogP contribution >= 0.6 is 0 Å². The van der Waals surface area contributed by atoms with Gasteiger partial charge in [-0.15, -0.1) is 0 Å². The minimum atomic E-state index is -0.0849. The molecule has 0 spiro atoms. The number of ether oxygens (including phenoxy) is 2. The molecule has 1 N–H and O–H groups in total. The van der Waals surface area contributed by atoms with E-state index >= 15 is 0 Å². The van der Waals surface area contributed by atoms with Crippen LogP contribution in [0.4, 0.5) is 5.82 Å². The molecule has 0 aromatic carbocycles. The highest BCUT2D eigenvalue weighted by Gasteiger charge is 2.26. The number of hydrogen-bond acceptors (Lipinski definition) is 7. The van der Waals surface area contributed by atoms with E-state index in [2.05, 4.69) is 20.1 Å². The first-order chi connectivity index (χ1) is 16.2. The molecule has 2 saturated heterocycles. The molecule has 8 nitrogen and oxygen atoms in total. The summed E-state index contributed by atoms with van der Waals surface area (Å²) in [4.78, 5) is 21.8. The molecule has 33 heavy (non-hydrogen) atoms. The van der Waals surface area contributed by atoms with Crippen LogP contribution in [0.2, 0.25) is 0 Å². The van der Waals surface area contributed by atoms with Gasteiger partial charge in [0.15, 0.2) is 11.4 Å². The summed E-state index contributed by atoms with van der Waals surface area (Å²) < 4.78 is 16.6. The van der Waals surface area contributed by atoms with Gasteiger partial charge < -0.3 is 24.1 Å². The van der Waals surface area contributed by atoms with Crippen LogP contribution in [0.5, 0.6) is 0 Å². The lowest BCUT2D eigenvalue weighted by atomic mass is 9.84. The first-order valence-corrected chi connectivity index (χ1v) is 12.5. The molecule has 1 unspecified atom stereocenters. The van der Waals surface area contributed by atoms with Gasteiger partial charge >= 0.3 is 0 Å². The van der Waals surface area contributed by atoms with Gasteiger partial charge in [0.1, 0.15) is 0 Å². The van der Waals surface area contributed by atoms with Crippen LogP contribution in [0.3, 0.4) is 0 Å². The second-order valence-electron chi connectivity index (χ2n) is 9.65. The topological polar surface area (TPSA) is 80.1 Å². The van der Waals surface area contributed by atoms with Crippen molar-refractivity contribution in [1.29, 1.82) is 0 Å². The summed E-state index contributed by atoms with van der Waals surface area (Å²) in [5.41, 5.74) is 0.898. The van der Waals surface area contributed by atoms with Crippen LogP contribution < -0.4 is 10.2 Å². The van der Waals surface area contributed by atoms with Crippen LogP contribution in [0.15, 0.2) is 29.0 Å². The fraction of sp³-hybridized carbons (Fsp3) is 0.680. The monoisotopic (exact) mass is 456 g/mol. The Hall–Kier alpha value is -2.16. The number of amides is 1. The number of hydrogen-bond donors (Lipinski definition) is 1. The van der Waals surface area contributed by atoms with Gasteiger partial charge in [-0.05, 0) is 56.7 Å². The average Bonchev–Trinajstić information content (AvgIpc) is 3.34. The molecule has 8 heteroatoms. The lowest BCUT2D eigenvalue weighted by molar-refractivity contribution is -0.132. The number of carbonyl (C=O) groups is 1. The number of furan rings is 1. The first-order valence-electron chi connectivity index (χ1n) is 12.5. The summed E-state index contributed by atoms with van der Waals surface area (Å²) >= 11 is 0. The van der Waals surface area contributed by atoms with Crippen molar-refractivity contribution in [2.45, 2.75) is 50.7 Å². The number of fused-ring (bicyclic) bond motifs is 1. The highest BCUT2D eigenvalue weighted by atomic mass is 16.6. The molecule has 4 heterocycles. The lowest BCUT2D eigenvalue weighted by Crippen LogP contribution is -2.47. The molecule has 1 amide bonds. The van der Waals surface area contributed by atoms with E-state index in [0.717, 1.165) is 68.3 Å². The Kier molecular flexibility index (Phi) is 7.43. The van der Waals surface area contributed by atoms with E-state index in [9.17, 15) is 4.79 Å². The summed E-state index contributed by atoms with van der Waals surface area (Å²) in [6, 6.07) is 4.31. The maximum absolute atomic E-state index is 12.3. The van der Waals surface area contributed by atoms with E-state index in [0.29, 0.717) is 32.3 Å². The molecule has 0 bridgehead atoms. The van der Waals surface area contributed by atoms with E-state index in [1.54, 1.807) is 6.26 Å². The summed E-state index contributed by atoms with van der Waals surface area (Å²) in [5.74, 6) is 1.84. The zero-order valence-electron chi connectivity index (χ0n) is 19.4. The van der Waals surface area contributed by atoms with Crippen LogP contribution in [-0.2, 0) is 14.3 Å². The third kappa shape index (κ3) is 5.86. The smallest absolute Gasteiger partial charge is 0.222 e. The minimum Gasteiger partial charge on any atom is -0.460 e. The van der Waals surface area contributed by atoms with Gasteiger partial charge in [-0.2, -0.15) is 0 Å². The van der Waals surface area contributed by atoms with Crippen molar-refractivity contribution in [3.63, 3.8) is 0 Å². The second kappa shape index (κ2) is 10.8. The van der Waals surface area contributed by atoms with E-state index in [1.807, 2.05) is 18.3 Å². The summed E-state index contributed by atoms with van der Waals surface area (Å²) in [6.45, 7) is 7.03. The van der Waals surface area contributed by atoms with Gasteiger partial charge in [-0.1, -0.05) is 0 Å². The fourth-order valence-corrected chi connectivity index (χ4v) is 5.40. The zero-order chi connectivity index (χ0) is 22.5. The van der Waals surface area contributed by atoms with Gasteiger partial charge in [0.2, 0.25) is 5.91 Å². The van der Waals surface area contributed by atoms with Crippen LogP contribution in [0, 0.1) is 5.92 Å². The zero-order valence-corrected chi connectivity index (χ0v) is 19.4. The number of anilines is 1. The van der Waals surface area contributed by atoms with Crippen molar-refractivity contribution in [2.75, 3.05) is 57.4 Å². The largest absolute Gasteiger partial charge is 0.460 e. The Morgan fingerprint density at radius 3 is 2.73 bits per heavy atom. The Labute approximate surface area is 195 Å². The number of nitrogens with one attached hydrogen (secondary N) is 1. The molecule has 180 valence electrons. The van der Waals surface area contributed by atoms with E-state index < -0.39 is 0 Å². The predicted molar refractivity (Wildman–Crippen MR) is 126 cm³/mol. The van der Waals surface area contributed by atoms with Crippen LogP contribution in [-0.4, -0.2) is 80.5 Å². The number of carbonyl (C=O) groups excluding carboxylic acids is 1. The van der Waals surface area contributed by atoms with Crippen molar-refractivity contribution in [3.05, 3.63) is 24.6 Å². The van der Waals surface area contributed by atoms with Gasteiger partial charge in [-0.3, -0.25) is 9.69 Å². The van der Waals surface area contributed by atoms with Crippen molar-refractivity contribution in [1.82, 2.24) is 15.2 Å². The van der Waals surface area contributed by atoms with Crippen LogP contribution in [0.25, 0.3) is 11.0 Å². The SMILES string of the molecule is O=C(CC1COCCO1)N[C@H]1CC[C@H](CCN2CCN(c3nccc4ccoc34)CC2)CC1. The summed E-state index contributed by atoms with van der Waals surface area (Å²) in [7, 11) is 0. The molecule has 1 saturated carbocycles. The maximum Gasteiger partial charge on any atom is 0.222 e. The molecular formula is C25H36N4O4. The number of aromatic nitrogens is 1. The number of rotatable bonds is 7. The summed E-state index contributed by atoms with van der Waals surface area (Å²) in [6.07, 6.45) is 9.78. The Morgan fingerprint density at radius 2 is 1.94 bits per heavy atom. The number of piperazine rings is 1.